The Hall–Kier alpha value is -1.31. The largest absolute Gasteiger partial charge is 0.480 e. The maximum Gasteiger partial charge on any atom is 0.326 e. The molecule has 7 nitrogen and oxygen atoms in total. The molecular formula is C11H20N2O5S. The van der Waals surface area contributed by atoms with Crippen LogP contribution in [0.25, 0.3) is 0 Å². The molecule has 1 saturated heterocycles. The van der Waals surface area contributed by atoms with Crippen LogP contribution in [0.2, 0.25) is 0 Å². The van der Waals surface area contributed by atoms with Crippen LogP contribution in [0.4, 0.5) is 4.79 Å². The van der Waals surface area contributed by atoms with Crippen LogP contribution >= 0.6 is 0 Å². The minimum Gasteiger partial charge on any atom is -0.480 e. The summed E-state index contributed by atoms with van der Waals surface area (Å²) < 4.78 is 22.5. The number of nitrogens with one attached hydrogen (secondary N) is 1. The summed E-state index contributed by atoms with van der Waals surface area (Å²) in [7, 11) is -3.06. The van der Waals surface area contributed by atoms with Gasteiger partial charge in [-0.2, -0.15) is 0 Å². The number of aliphatic carboxylic acids is 1. The van der Waals surface area contributed by atoms with Crippen molar-refractivity contribution in [2.75, 3.05) is 24.6 Å². The third kappa shape index (κ3) is 4.38. The van der Waals surface area contributed by atoms with Crippen molar-refractivity contribution in [1.29, 1.82) is 0 Å². The summed E-state index contributed by atoms with van der Waals surface area (Å²) in [6.45, 7) is 5.35. The fourth-order valence-corrected chi connectivity index (χ4v) is 2.98. The molecular weight excluding hydrogens is 272 g/mol. The first-order valence-electron chi connectivity index (χ1n) is 6.01. The molecule has 0 aliphatic carbocycles. The molecule has 1 aliphatic heterocycles. The summed E-state index contributed by atoms with van der Waals surface area (Å²) in [6.07, 6.45) is 0. The average Bonchev–Trinajstić information content (AvgIpc) is 2.23. The summed E-state index contributed by atoms with van der Waals surface area (Å²) in [5.74, 6) is -1.26. The number of sulfone groups is 1. The van der Waals surface area contributed by atoms with E-state index in [9.17, 15) is 18.0 Å². The standard InChI is InChI=1S/C11H20N2O5S/c1-11(2,3)8(9(14)15)12-10(16)13-4-6-19(17,18)7-5-13/h8H,4-7H2,1-3H3,(H,12,16)(H,14,15)/t8-/m0/s1. The molecule has 1 fully saturated rings. The Labute approximate surface area is 112 Å². The van der Waals surface area contributed by atoms with E-state index in [2.05, 4.69) is 5.32 Å². The van der Waals surface area contributed by atoms with Crippen LogP contribution in [0.3, 0.4) is 0 Å². The van der Waals surface area contributed by atoms with Gasteiger partial charge in [0.25, 0.3) is 0 Å². The third-order valence-electron chi connectivity index (χ3n) is 3.01. The van der Waals surface area contributed by atoms with Gasteiger partial charge >= 0.3 is 12.0 Å². The number of carboxylic acids is 1. The van der Waals surface area contributed by atoms with E-state index in [1.54, 1.807) is 20.8 Å². The van der Waals surface area contributed by atoms with Gasteiger partial charge in [0.05, 0.1) is 11.5 Å². The third-order valence-corrected chi connectivity index (χ3v) is 4.62. The second kappa shape index (κ2) is 5.36. The number of urea groups is 1. The fourth-order valence-electron chi connectivity index (χ4n) is 1.78. The first-order chi connectivity index (χ1) is 8.53. The monoisotopic (exact) mass is 292 g/mol. The van der Waals surface area contributed by atoms with Gasteiger partial charge in [-0.05, 0) is 5.41 Å². The SMILES string of the molecule is CC(C)(C)[C@@H](NC(=O)N1CCS(=O)(=O)CC1)C(=O)O. The van der Waals surface area contributed by atoms with E-state index < -0.39 is 33.3 Å². The molecule has 2 N–H and O–H groups in total. The minimum absolute atomic E-state index is 0.0757. The van der Waals surface area contributed by atoms with Gasteiger partial charge in [-0.3, -0.25) is 0 Å². The molecule has 0 bridgehead atoms. The van der Waals surface area contributed by atoms with Crippen LogP contribution in [0, 0.1) is 5.41 Å². The van der Waals surface area contributed by atoms with Crippen molar-refractivity contribution < 1.29 is 23.1 Å². The molecule has 0 saturated carbocycles. The molecule has 1 aliphatic rings. The van der Waals surface area contributed by atoms with Crippen LogP contribution in [0.15, 0.2) is 0 Å². The Balaban J connectivity index is 2.67. The number of carboxylic acid groups (broad SMARTS) is 1. The zero-order chi connectivity index (χ0) is 14.8. The molecule has 0 unspecified atom stereocenters. The van der Waals surface area contributed by atoms with E-state index >= 15 is 0 Å². The fraction of sp³-hybridized carbons (Fsp3) is 0.818. The Morgan fingerprint density at radius 3 is 2.05 bits per heavy atom. The Kier molecular flexibility index (Phi) is 4.44. The highest BCUT2D eigenvalue weighted by molar-refractivity contribution is 7.91. The normalized spacial score (nSPS) is 20.7. The molecule has 0 spiro atoms. The number of hydrogen-bond acceptors (Lipinski definition) is 4. The summed E-state index contributed by atoms with van der Waals surface area (Å²) in [4.78, 5) is 24.4. The Morgan fingerprint density at radius 2 is 1.68 bits per heavy atom. The summed E-state index contributed by atoms with van der Waals surface area (Å²) in [5.41, 5.74) is -0.622. The zero-order valence-electron chi connectivity index (χ0n) is 11.3. The molecule has 1 atom stereocenters. The van der Waals surface area contributed by atoms with Gasteiger partial charge in [-0.1, -0.05) is 20.8 Å². The molecule has 19 heavy (non-hydrogen) atoms. The molecule has 0 radical (unpaired) electrons. The van der Waals surface area contributed by atoms with Gasteiger partial charge in [0.2, 0.25) is 0 Å². The maximum atomic E-state index is 11.9. The lowest BCUT2D eigenvalue weighted by atomic mass is 9.87. The lowest BCUT2D eigenvalue weighted by Gasteiger charge is -2.32. The van der Waals surface area contributed by atoms with Gasteiger partial charge < -0.3 is 15.3 Å². The highest BCUT2D eigenvalue weighted by Crippen LogP contribution is 2.19. The molecule has 0 aromatic rings. The lowest BCUT2D eigenvalue weighted by Crippen LogP contribution is -2.55. The quantitative estimate of drug-likeness (QED) is 0.741. The summed E-state index contributed by atoms with van der Waals surface area (Å²) >= 11 is 0. The topological polar surface area (TPSA) is 104 Å². The maximum absolute atomic E-state index is 11.9. The summed E-state index contributed by atoms with van der Waals surface area (Å²) in [6, 6.07) is -1.55. The van der Waals surface area contributed by atoms with Gasteiger partial charge in [-0.15, -0.1) is 0 Å². The van der Waals surface area contributed by atoms with Crippen molar-refractivity contribution in [2.24, 2.45) is 5.41 Å². The molecule has 110 valence electrons. The van der Waals surface area contributed by atoms with Gasteiger partial charge in [0, 0.05) is 13.1 Å². The number of rotatable bonds is 2. The Bertz CT molecular complexity index is 452. The predicted octanol–water partition coefficient (Wildman–Crippen LogP) is -0.0743. The smallest absolute Gasteiger partial charge is 0.326 e. The first kappa shape index (κ1) is 15.7. The second-order valence-electron chi connectivity index (χ2n) is 5.73. The Morgan fingerprint density at radius 1 is 1.21 bits per heavy atom. The number of amides is 2. The highest BCUT2D eigenvalue weighted by atomic mass is 32.2. The molecule has 1 rings (SSSR count). The van der Waals surface area contributed by atoms with Crippen LogP contribution in [0.1, 0.15) is 20.8 Å². The number of carbonyl (C=O) groups excluding carboxylic acids is 1. The number of nitrogens with zero attached hydrogens (tertiary/aromatic N) is 1. The van der Waals surface area contributed by atoms with Crippen molar-refractivity contribution in [1.82, 2.24) is 10.2 Å². The first-order valence-corrected chi connectivity index (χ1v) is 7.84. The molecule has 1 heterocycles. The van der Waals surface area contributed by atoms with Crippen LogP contribution in [-0.2, 0) is 14.6 Å². The van der Waals surface area contributed by atoms with E-state index in [4.69, 9.17) is 5.11 Å². The van der Waals surface area contributed by atoms with Crippen molar-refractivity contribution in [3.8, 4) is 0 Å². The van der Waals surface area contributed by atoms with Gasteiger partial charge in [0.1, 0.15) is 6.04 Å². The molecule has 8 heteroatoms. The molecule has 2 amide bonds. The van der Waals surface area contributed by atoms with E-state index in [0.717, 1.165) is 0 Å². The second-order valence-corrected chi connectivity index (χ2v) is 8.03. The van der Waals surface area contributed by atoms with E-state index in [1.165, 1.54) is 4.90 Å². The highest BCUT2D eigenvalue weighted by Gasteiger charge is 2.34. The van der Waals surface area contributed by atoms with Gasteiger partial charge in [0.15, 0.2) is 9.84 Å². The van der Waals surface area contributed by atoms with Gasteiger partial charge in [-0.25, -0.2) is 18.0 Å². The number of carbonyl (C=O) groups is 2. The van der Waals surface area contributed by atoms with Crippen molar-refractivity contribution in [3.05, 3.63) is 0 Å². The van der Waals surface area contributed by atoms with Crippen molar-refractivity contribution in [2.45, 2.75) is 26.8 Å². The average molecular weight is 292 g/mol. The van der Waals surface area contributed by atoms with Crippen LogP contribution < -0.4 is 5.32 Å². The summed E-state index contributed by atoms with van der Waals surface area (Å²) in [5, 5.41) is 11.6. The zero-order valence-corrected chi connectivity index (χ0v) is 12.2. The van der Waals surface area contributed by atoms with Crippen molar-refractivity contribution in [3.63, 3.8) is 0 Å². The van der Waals surface area contributed by atoms with E-state index in [1.807, 2.05) is 0 Å². The molecule has 0 aromatic carbocycles. The van der Waals surface area contributed by atoms with Crippen LogP contribution in [0.5, 0.6) is 0 Å². The van der Waals surface area contributed by atoms with E-state index in [0.29, 0.717) is 0 Å². The van der Waals surface area contributed by atoms with E-state index in [-0.39, 0.29) is 24.6 Å². The predicted molar refractivity (Wildman–Crippen MR) is 69.6 cm³/mol. The lowest BCUT2D eigenvalue weighted by molar-refractivity contribution is -0.142. The number of hydrogen-bond donors (Lipinski definition) is 2. The minimum atomic E-state index is -3.06. The van der Waals surface area contributed by atoms with Crippen molar-refractivity contribution >= 4 is 21.8 Å². The van der Waals surface area contributed by atoms with Crippen LogP contribution in [-0.4, -0.2) is 61.1 Å². The molecule has 0 aromatic heterocycles.